The van der Waals surface area contributed by atoms with E-state index in [2.05, 4.69) is 20.8 Å². The number of carbonyl (C=O) groups is 1. The average Bonchev–Trinajstić information content (AvgIpc) is 2.97. The van der Waals surface area contributed by atoms with Crippen molar-refractivity contribution in [2.24, 2.45) is 17.3 Å². The average molecular weight is 451 g/mol. The van der Waals surface area contributed by atoms with Gasteiger partial charge in [-0.05, 0) is 63.0 Å². The van der Waals surface area contributed by atoms with Crippen LogP contribution < -0.4 is 14.2 Å². The number of hydrogen-bond acceptors (Lipinski definition) is 7. The van der Waals surface area contributed by atoms with Gasteiger partial charge in [0.15, 0.2) is 11.5 Å². The van der Waals surface area contributed by atoms with Gasteiger partial charge in [0.2, 0.25) is 5.75 Å². The Balaban J connectivity index is 1.91. The van der Waals surface area contributed by atoms with Gasteiger partial charge in [-0.25, -0.2) is 4.79 Å². The smallest absolute Gasteiger partial charge is 0.338 e. The summed E-state index contributed by atoms with van der Waals surface area (Å²) in [5.74, 6) is 1.00. The summed E-state index contributed by atoms with van der Waals surface area (Å²) in [4.78, 5) is 13.1. The lowest BCUT2D eigenvalue weighted by molar-refractivity contribution is -0.109. The van der Waals surface area contributed by atoms with Crippen molar-refractivity contribution in [3.63, 3.8) is 0 Å². The Morgan fingerprint density at radius 2 is 1.59 bits per heavy atom. The molecule has 0 heterocycles. The molecular weight excluding hydrogens is 412 g/mol. The molecule has 7 nitrogen and oxygen atoms in total. The number of hydrogen-bond donors (Lipinski definition) is 2. The number of aliphatic hydroxyl groups is 2. The molecule has 2 aliphatic carbocycles. The summed E-state index contributed by atoms with van der Waals surface area (Å²) in [5, 5.41) is 23.0. The number of ether oxygens (including phenoxy) is 4. The number of benzene rings is 1. The molecule has 0 aromatic heterocycles. The minimum absolute atomic E-state index is 0.160. The Bertz CT molecular complexity index is 824. The maximum atomic E-state index is 13.1. The molecular formula is C25H38O7. The van der Waals surface area contributed by atoms with E-state index in [-0.39, 0.29) is 11.5 Å². The van der Waals surface area contributed by atoms with Gasteiger partial charge in [0.25, 0.3) is 0 Å². The molecule has 0 saturated heterocycles. The van der Waals surface area contributed by atoms with Gasteiger partial charge in [0.05, 0.1) is 38.1 Å². The minimum atomic E-state index is -1.25. The first-order chi connectivity index (χ1) is 14.9. The highest BCUT2D eigenvalue weighted by atomic mass is 16.6. The van der Waals surface area contributed by atoms with Crippen LogP contribution in [0.15, 0.2) is 12.1 Å². The number of methoxy groups -OCH3 is 3. The monoisotopic (exact) mass is 450 g/mol. The first kappa shape index (κ1) is 24.6. The summed E-state index contributed by atoms with van der Waals surface area (Å²) < 4.78 is 21.9. The zero-order chi connectivity index (χ0) is 23.9. The number of fused-ring (bicyclic) bond motifs is 1. The standard InChI is InChI=1S/C25H38O7/c1-15(2)17-8-9-23(3)14-20(24(4,27)10-11-25(17,23)28)32-22(26)16-12-18(29-5)21(31-7)19(13-16)30-6/h12-13,15,17,20,27-28H,8-11,14H2,1-7H3. The van der Waals surface area contributed by atoms with Crippen molar-refractivity contribution in [2.45, 2.75) is 77.1 Å². The van der Waals surface area contributed by atoms with Gasteiger partial charge in [-0.2, -0.15) is 0 Å². The summed E-state index contributed by atoms with van der Waals surface area (Å²) in [5.41, 5.74) is -2.34. The van der Waals surface area contributed by atoms with E-state index in [4.69, 9.17) is 18.9 Å². The predicted octanol–water partition coefficient (Wildman–Crippen LogP) is 3.98. The van der Waals surface area contributed by atoms with Crippen LogP contribution in [0.5, 0.6) is 17.2 Å². The molecule has 1 aromatic carbocycles. The lowest BCUT2D eigenvalue weighted by atomic mass is 9.67. The number of esters is 1. The Hall–Kier alpha value is -1.99. The number of rotatable bonds is 6. The Morgan fingerprint density at radius 3 is 2.09 bits per heavy atom. The topological polar surface area (TPSA) is 94.5 Å². The van der Waals surface area contributed by atoms with E-state index in [1.54, 1.807) is 6.92 Å². The van der Waals surface area contributed by atoms with Crippen molar-refractivity contribution in [1.29, 1.82) is 0 Å². The van der Waals surface area contributed by atoms with Crippen LogP contribution in [0.3, 0.4) is 0 Å². The molecule has 2 saturated carbocycles. The molecule has 2 fully saturated rings. The molecule has 5 atom stereocenters. The third kappa shape index (κ3) is 4.05. The van der Waals surface area contributed by atoms with Crippen LogP contribution in [0.2, 0.25) is 0 Å². The van der Waals surface area contributed by atoms with Crippen LogP contribution >= 0.6 is 0 Å². The van der Waals surface area contributed by atoms with Crippen molar-refractivity contribution >= 4 is 5.97 Å². The van der Waals surface area contributed by atoms with Crippen molar-refractivity contribution in [3.8, 4) is 17.2 Å². The highest BCUT2D eigenvalue weighted by molar-refractivity contribution is 5.91. The van der Waals surface area contributed by atoms with Gasteiger partial charge in [0, 0.05) is 5.41 Å². The zero-order valence-electron chi connectivity index (χ0n) is 20.4. The first-order valence-electron chi connectivity index (χ1n) is 11.4. The van der Waals surface area contributed by atoms with Gasteiger partial charge >= 0.3 is 5.97 Å². The second kappa shape index (κ2) is 8.75. The fourth-order valence-corrected chi connectivity index (χ4v) is 5.83. The molecule has 7 heteroatoms. The molecule has 1 aromatic rings. The summed E-state index contributed by atoms with van der Waals surface area (Å²) >= 11 is 0. The van der Waals surface area contributed by atoms with E-state index < -0.39 is 28.7 Å². The van der Waals surface area contributed by atoms with Gasteiger partial charge in [-0.3, -0.25) is 0 Å². The van der Waals surface area contributed by atoms with Crippen LogP contribution in [-0.2, 0) is 4.74 Å². The van der Waals surface area contributed by atoms with Crippen molar-refractivity contribution < 1.29 is 34.0 Å². The summed E-state index contributed by atoms with van der Waals surface area (Å²) in [6.07, 6.45) is 2.25. The van der Waals surface area contributed by atoms with Crippen LogP contribution in [0.4, 0.5) is 0 Å². The molecule has 180 valence electrons. The van der Waals surface area contributed by atoms with E-state index in [0.29, 0.717) is 42.4 Å². The lowest BCUT2D eigenvalue weighted by Crippen LogP contribution is -2.48. The maximum Gasteiger partial charge on any atom is 0.338 e. The third-order valence-electron chi connectivity index (χ3n) is 7.96. The summed E-state index contributed by atoms with van der Waals surface area (Å²) in [6, 6.07) is 3.08. The minimum Gasteiger partial charge on any atom is -0.493 e. The second-order valence-corrected chi connectivity index (χ2v) is 10.2. The van der Waals surface area contributed by atoms with E-state index in [9.17, 15) is 15.0 Å². The normalized spacial score (nSPS) is 34.6. The van der Waals surface area contributed by atoms with Crippen LogP contribution in [0.25, 0.3) is 0 Å². The van der Waals surface area contributed by atoms with Crippen molar-refractivity contribution in [2.75, 3.05) is 21.3 Å². The molecule has 0 bridgehead atoms. The fourth-order valence-electron chi connectivity index (χ4n) is 5.83. The second-order valence-electron chi connectivity index (χ2n) is 10.2. The zero-order valence-corrected chi connectivity index (χ0v) is 20.4. The summed E-state index contributed by atoms with van der Waals surface area (Å²) in [6.45, 7) is 8.04. The van der Waals surface area contributed by atoms with E-state index >= 15 is 0 Å². The molecule has 0 aliphatic heterocycles. The van der Waals surface area contributed by atoms with Crippen LogP contribution in [-0.4, -0.2) is 54.8 Å². The highest BCUT2D eigenvalue weighted by Crippen LogP contribution is 2.59. The Labute approximate surface area is 191 Å². The van der Waals surface area contributed by atoms with Crippen LogP contribution in [0, 0.1) is 17.3 Å². The van der Waals surface area contributed by atoms with E-state index in [1.165, 1.54) is 33.5 Å². The first-order valence-corrected chi connectivity index (χ1v) is 11.4. The van der Waals surface area contributed by atoms with Crippen molar-refractivity contribution in [3.05, 3.63) is 17.7 Å². The van der Waals surface area contributed by atoms with Gasteiger partial charge in [-0.1, -0.05) is 20.8 Å². The molecule has 5 unspecified atom stereocenters. The Kier molecular flexibility index (Phi) is 6.74. The quantitative estimate of drug-likeness (QED) is 0.633. The Morgan fingerprint density at radius 1 is 1.00 bits per heavy atom. The highest BCUT2D eigenvalue weighted by Gasteiger charge is 2.61. The van der Waals surface area contributed by atoms with Gasteiger partial charge in [-0.15, -0.1) is 0 Å². The molecule has 2 N–H and O–H groups in total. The van der Waals surface area contributed by atoms with Gasteiger partial charge in [0.1, 0.15) is 6.10 Å². The third-order valence-corrected chi connectivity index (χ3v) is 7.96. The number of carbonyl (C=O) groups excluding carboxylic acids is 1. The predicted molar refractivity (Wildman–Crippen MR) is 120 cm³/mol. The van der Waals surface area contributed by atoms with Crippen LogP contribution in [0.1, 0.15) is 70.2 Å². The molecule has 3 rings (SSSR count). The van der Waals surface area contributed by atoms with E-state index in [0.717, 1.165) is 12.8 Å². The SMILES string of the molecule is COc1cc(C(=O)OC2CC3(C)CCC(C(C)C)C3(O)CCC2(C)O)cc(OC)c1OC. The molecule has 0 spiro atoms. The molecule has 32 heavy (non-hydrogen) atoms. The van der Waals surface area contributed by atoms with Gasteiger partial charge < -0.3 is 29.2 Å². The lowest BCUT2D eigenvalue weighted by Gasteiger charge is -2.43. The molecule has 0 amide bonds. The fraction of sp³-hybridized carbons (Fsp3) is 0.720. The van der Waals surface area contributed by atoms with Crippen molar-refractivity contribution in [1.82, 2.24) is 0 Å². The van der Waals surface area contributed by atoms with E-state index in [1.807, 2.05) is 0 Å². The molecule has 0 radical (unpaired) electrons. The summed E-state index contributed by atoms with van der Waals surface area (Å²) in [7, 11) is 4.46. The largest absolute Gasteiger partial charge is 0.493 e. The molecule has 2 aliphatic rings. The maximum absolute atomic E-state index is 13.1.